The Labute approximate surface area is 99.5 Å². The number of hydrogen-bond donors (Lipinski definition) is 3. The highest BCUT2D eigenvalue weighted by molar-refractivity contribution is 7.89. The quantitative estimate of drug-likeness (QED) is 0.623. The first-order valence-electron chi connectivity index (χ1n) is 4.86. The van der Waals surface area contributed by atoms with Gasteiger partial charge in [-0.3, -0.25) is 4.79 Å². The fraction of sp³-hybridized carbons (Fsp3) is 0.333. The minimum absolute atomic E-state index is 0.00196. The lowest BCUT2D eigenvalue weighted by Gasteiger charge is -2.06. The van der Waals surface area contributed by atoms with Crippen molar-refractivity contribution >= 4 is 21.6 Å². The maximum atomic E-state index is 11.6. The van der Waals surface area contributed by atoms with E-state index in [-0.39, 0.29) is 23.7 Å². The van der Waals surface area contributed by atoms with Crippen molar-refractivity contribution in [3.63, 3.8) is 0 Å². The van der Waals surface area contributed by atoms with Gasteiger partial charge in [0.15, 0.2) is 5.69 Å². The summed E-state index contributed by atoms with van der Waals surface area (Å²) < 4.78 is 24.3. The number of nitrogens with one attached hydrogen (secondary N) is 2. The van der Waals surface area contributed by atoms with Crippen LogP contribution in [0.5, 0.6) is 0 Å². The number of hydrogen-bond acceptors (Lipinski definition) is 5. The molecule has 1 aromatic rings. The molecule has 0 spiro atoms. The molecule has 0 aliphatic rings. The van der Waals surface area contributed by atoms with E-state index >= 15 is 0 Å². The van der Waals surface area contributed by atoms with Crippen LogP contribution in [0.25, 0.3) is 0 Å². The molecule has 7 nitrogen and oxygen atoms in total. The molecule has 1 amide bonds. The smallest absolute Gasteiger partial charge is 0.272 e. The summed E-state index contributed by atoms with van der Waals surface area (Å²) in [6.45, 7) is -0.00196. The Morgan fingerprint density at radius 3 is 2.82 bits per heavy atom. The summed E-state index contributed by atoms with van der Waals surface area (Å²) in [4.78, 5) is 15.4. The van der Waals surface area contributed by atoms with Crippen molar-refractivity contribution in [2.24, 2.45) is 0 Å². The largest absolute Gasteiger partial charge is 0.397 e. The molecular weight excluding hydrogens is 244 g/mol. The number of amides is 1. The lowest BCUT2D eigenvalue weighted by Crippen LogP contribution is -2.33. The van der Waals surface area contributed by atoms with Crippen molar-refractivity contribution < 1.29 is 13.2 Å². The average molecular weight is 258 g/mol. The maximum absolute atomic E-state index is 11.6. The first-order valence-corrected chi connectivity index (χ1v) is 6.51. The Hall–Kier alpha value is -1.67. The molecule has 0 aromatic carbocycles. The number of carbonyl (C=O) groups is 1. The second-order valence-electron chi connectivity index (χ2n) is 3.22. The SMILES string of the molecule is CNS(=O)(=O)CCNC(=O)c1ncccc1N. The molecule has 1 heterocycles. The van der Waals surface area contributed by atoms with Crippen molar-refractivity contribution in [3.05, 3.63) is 24.0 Å². The number of pyridine rings is 1. The van der Waals surface area contributed by atoms with Gasteiger partial charge >= 0.3 is 0 Å². The van der Waals surface area contributed by atoms with Crippen LogP contribution in [0.4, 0.5) is 5.69 Å². The lowest BCUT2D eigenvalue weighted by molar-refractivity contribution is 0.0952. The van der Waals surface area contributed by atoms with E-state index in [0.29, 0.717) is 0 Å². The number of aromatic nitrogens is 1. The van der Waals surface area contributed by atoms with Crippen LogP contribution in [0.2, 0.25) is 0 Å². The summed E-state index contributed by atoms with van der Waals surface area (Å²) in [5.74, 6) is -0.684. The molecule has 0 aliphatic heterocycles. The second-order valence-corrected chi connectivity index (χ2v) is 5.27. The third-order valence-corrected chi connectivity index (χ3v) is 3.38. The van der Waals surface area contributed by atoms with Crippen molar-refractivity contribution in [3.8, 4) is 0 Å². The van der Waals surface area contributed by atoms with Gasteiger partial charge in [-0.15, -0.1) is 0 Å². The monoisotopic (exact) mass is 258 g/mol. The van der Waals surface area contributed by atoms with Crippen LogP contribution in [0.1, 0.15) is 10.5 Å². The van der Waals surface area contributed by atoms with Gasteiger partial charge in [0.05, 0.1) is 11.4 Å². The molecule has 0 radical (unpaired) electrons. The molecule has 0 bridgehead atoms. The van der Waals surface area contributed by atoms with Crippen LogP contribution in [0.15, 0.2) is 18.3 Å². The molecule has 0 fully saturated rings. The van der Waals surface area contributed by atoms with Gasteiger partial charge in [-0.25, -0.2) is 18.1 Å². The molecule has 0 aliphatic carbocycles. The molecule has 94 valence electrons. The Kier molecular flexibility index (Phi) is 4.41. The zero-order valence-corrected chi connectivity index (χ0v) is 10.1. The van der Waals surface area contributed by atoms with Crippen LogP contribution >= 0.6 is 0 Å². The zero-order valence-electron chi connectivity index (χ0n) is 9.30. The van der Waals surface area contributed by atoms with Gasteiger partial charge in [0.2, 0.25) is 10.0 Å². The summed E-state index contributed by atoms with van der Waals surface area (Å²) in [7, 11) is -2.01. The zero-order chi connectivity index (χ0) is 12.9. The first kappa shape index (κ1) is 13.4. The number of nitrogens with two attached hydrogens (primary N) is 1. The normalized spacial score (nSPS) is 11.1. The predicted molar refractivity (Wildman–Crippen MR) is 63.8 cm³/mol. The molecule has 1 aromatic heterocycles. The first-order chi connectivity index (χ1) is 7.96. The van der Waals surface area contributed by atoms with Gasteiger partial charge in [-0.05, 0) is 19.2 Å². The molecule has 0 saturated heterocycles. The number of anilines is 1. The number of carbonyl (C=O) groups excluding carboxylic acids is 1. The highest BCUT2D eigenvalue weighted by atomic mass is 32.2. The summed E-state index contributed by atoms with van der Waals surface area (Å²) in [5.41, 5.74) is 5.89. The third kappa shape index (κ3) is 4.00. The van der Waals surface area contributed by atoms with E-state index < -0.39 is 15.9 Å². The van der Waals surface area contributed by atoms with Gasteiger partial charge < -0.3 is 11.1 Å². The van der Waals surface area contributed by atoms with Crippen LogP contribution in [0, 0.1) is 0 Å². The van der Waals surface area contributed by atoms with Crippen molar-refractivity contribution in [2.45, 2.75) is 0 Å². The number of rotatable bonds is 5. The second kappa shape index (κ2) is 5.60. The van der Waals surface area contributed by atoms with E-state index in [0.717, 1.165) is 0 Å². The Morgan fingerprint density at radius 2 is 2.24 bits per heavy atom. The molecule has 0 atom stereocenters. The fourth-order valence-electron chi connectivity index (χ4n) is 1.09. The number of nitrogen functional groups attached to an aromatic ring is 1. The van der Waals surface area contributed by atoms with Crippen molar-refractivity contribution in [1.82, 2.24) is 15.0 Å². The fourth-order valence-corrected chi connectivity index (χ4v) is 1.67. The summed E-state index contributed by atoms with van der Waals surface area (Å²) in [6.07, 6.45) is 1.44. The van der Waals surface area contributed by atoms with Crippen LogP contribution in [-0.2, 0) is 10.0 Å². The molecule has 4 N–H and O–H groups in total. The van der Waals surface area contributed by atoms with E-state index in [1.54, 1.807) is 12.1 Å². The van der Waals surface area contributed by atoms with E-state index in [1.165, 1.54) is 13.2 Å². The average Bonchev–Trinajstić information content (AvgIpc) is 2.29. The van der Waals surface area contributed by atoms with E-state index in [2.05, 4.69) is 15.0 Å². The summed E-state index contributed by atoms with van der Waals surface area (Å²) >= 11 is 0. The van der Waals surface area contributed by atoms with Gasteiger partial charge in [0, 0.05) is 12.7 Å². The van der Waals surface area contributed by atoms with Crippen LogP contribution in [0.3, 0.4) is 0 Å². The topological polar surface area (TPSA) is 114 Å². The molecule has 17 heavy (non-hydrogen) atoms. The third-order valence-electron chi connectivity index (χ3n) is 2.02. The molecule has 0 unspecified atom stereocenters. The Bertz CT molecular complexity index is 501. The van der Waals surface area contributed by atoms with Crippen molar-refractivity contribution in [2.75, 3.05) is 25.1 Å². The van der Waals surface area contributed by atoms with Crippen molar-refractivity contribution in [1.29, 1.82) is 0 Å². The summed E-state index contributed by atoms with van der Waals surface area (Å²) in [6, 6.07) is 3.16. The van der Waals surface area contributed by atoms with E-state index in [1.807, 2.05) is 0 Å². The van der Waals surface area contributed by atoms with E-state index in [4.69, 9.17) is 5.73 Å². The highest BCUT2D eigenvalue weighted by Gasteiger charge is 2.12. The van der Waals surface area contributed by atoms with E-state index in [9.17, 15) is 13.2 Å². The van der Waals surface area contributed by atoms with Gasteiger partial charge in [0.25, 0.3) is 5.91 Å². The van der Waals surface area contributed by atoms with Gasteiger partial charge in [-0.1, -0.05) is 0 Å². The standard InChI is InChI=1S/C9H14N4O3S/c1-11-17(15,16)6-5-13-9(14)8-7(10)3-2-4-12-8/h2-4,11H,5-6,10H2,1H3,(H,13,14). The van der Waals surface area contributed by atoms with Crippen LogP contribution < -0.4 is 15.8 Å². The summed E-state index contributed by atoms with van der Waals surface area (Å²) in [5, 5.41) is 2.43. The molecular formula is C9H14N4O3S. The van der Waals surface area contributed by atoms with Gasteiger partial charge in [-0.2, -0.15) is 0 Å². The predicted octanol–water partition coefficient (Wildman–Crippen LogP) is -1.06. The Balaban J connectivity index is 2.55. The minimum atomic E-state index is -3.32. The van der Waals surface area contributed by atoms with Crippen LogP contribution in [-0.4, -0.2) is 38.7 Å². The van der Waals surface area contributed by atoms with Gasteiger partial charge in [0.1, 0.15) is 0 Å². The lowest BCUT2D eigenvalue weighted by atomic mass is 10.3. The molecule has 0 saturated carbocycles. The highest BCUT2D eigenvalue weighted by Crippen LogP contribution is 2.05. The minimum Gasteiger partial charge on any atom is -0.397 e. The molecule has 1 rings (SSSR count). The molecule has 8 heteroatoms. The maximum Gasteiger partial charge on any atom is 0.272 e. The Morgan fingerprint density at radius 1 is 1.53 bits per heavy atom. The number of nitrogens with zero attached hydrogens (tertiary/aromatic N) is 1. The number of sulfonamides is 1.